The fraction of sp³-hybridized carbons (Fsp3) is 0.417. The van der Waals surface area contributed by atoms with Crippen molar-refractivity contribution in [2.45, 2.75) is 20.3 Å². The molecule has 2 N–H and O–H groups in total. The SMILES string of the molecule is CCCNc1ccc(C(=O)NCC)cc1. The van der Waals surface area contributed by atoms with E-state index in [1.54, 1.807) is 0 Å². The molecule has 82 valence electrons. The second kappa shape index (κ2) is 6.06. The summed E-state index contributed by atoms with van der Waals surface area (Å²) in [5.41, 5.74) is 1.77. The summed E-state index contributed by atoms with van der Waals surface area (Å²) in [6, 6.07) is 7.53. The predicted molar refractivity (Wildman–Crippen MR) is 63.2 cm³/mol. The van der Waals surface area contributed by atoms with Crippen LogP contribution in [0.25, 0.3) is 0 Å². The maximum atomic E-state index is 11.4. The Balaban J connectivity index is 2.59. The van der Waals surface area contributed by atoms with Gasteiger partial charge in [0.05, 0.1) is 0 Å². The largest absolute Gasteiger partial charge is 0.385 e. The first-order valence-corrected chi connectivity index (χ1v) is 5.40. The molecule has 0 heterocycles. The van der Waals surface area contributed by atoms with Crippen molar-refractivity contribution in [2.75, 3.05) is 18.4 Å². The Morgan fingerprint density at radius 2 is 1.87 bits per heavy atom. The molecule has 0 saturated heterocycles. The highest BCUT2D eigenvalue weighted by atomic mass is 16.1. The molecule has 0 bridgehead atoms. The van der Waals surface area contributed by atoms with Gasteiger partial charge in [0.1, 0.15) is 0 Å². The van der Waals surface area contributed by atoms with Crippen molar-refractivity contribution < 1.29 is 4.79 Å². The van der Waals surface area contributed by atoms with Crippen LogP contribution in [0.2, 0.25) is 0 Å². The average molecular weight is 206 g/mol. The van der Waals surface area contributed by atoms with Gasteiger partial charge in [0.25, 0.3) is 5.91 Å². The Morgan fingerprint density at radius 3 is 2.40 bits per heavy atom. The summed E-state index contributed by atoms with van der Waals surface area (Å²) < 4.78 is 0. The van der Waals surface area contributed by atoms with E-state index < -0.39 is 0 Å². The molecule has 0 spiro atoms. The molecule has 0 radical (unpaired) electrons. The number of rotatable bonds is 5. The van der Waals surface area contributed by atoms with Crippen LogP contribution in [0.15, 0.2) is 24.3 Å². The highest BCUT2D eigenvalue weighted by Gasteiger charge is 2.02. The summed E-state index contributed by atoms with van der Waals surface area (Å²) in [5, 5.41) is 6.03. The first-order valence-electron chi connectivity index (χ1n) is 5.40. The number of hydrogen-bond acceptors (Lipinski definition) is 2. The zero-order chi connectivity index (χ0) is 11.1. The Bertz CT molecular complexity index is 306. The van der Waals surface area contributed by atoms with Crippen molar-refractivity contribution >= 4 is 11.6 Å². The van der Waals surface area contributed by atoms with E-state index in [4.69, 9.17) is 0 Å². The van der Waals surface area contributed by atoms with Crippen LogP contribution in [0, 0.1) is 0 Å². The van der Waals surface area contributed by atoms with Crippen LogP contribution in [-0.2, 0) is 0 Å². The summed E-state index contributed by atoms with van der Waals surface area (Å²) in [6.45, 7) is 5.65. The number of benzene rings is 1. The first-order chi connectivity index (χ1) is 7.27. The molecule has 15 heavy (non-hydrogen) atoms. The summed E-state index contributed by atoms with van der Waals surface area (Å²) in [4.78, 5) is 11.4. The summed E-state index contributed by atoms with van der Waals surface area (Å²) in [5.74, 6) is -0.0143. The van der Waals surface area contributed by atoms with Crippen molar-refractivity contribution in [1.82, 2.24) is 5.32 Å². The maximum Gasteiger partial charge on any atom is 0.251 e. The van der Waals surface area contributed by atoms with Crippen LogP contribution in [0.5, 0.6) is 0 Å². The van der Waals surface area contributed by atoms with Crippen molar-refractivity contribution in [3.05, 3.63) is 29.8 Å². The summed E-state index contributed by atoms with van der Waals surface area (Å²) in [6.07, 6.45) is 1.10. The molecule has 0 aliphatic rings. The van der Waals surface area contributed by atoms with Crippen LogP contribution in [0.4, 0.5) is 5.69 Å². The van der Waals surface area contributed by atoms with Crippen molar-refractivity contribution in [1.29, 1.82) is 0 Å². The molecule has 0 atom stereocenters. The van der Waals surface area contributed by atoms with Crippen molar-refractivity contribution in [2.24, 2.45) is 0 Å². The summed E-state index contributed by atoms with van der Waals surface area (Å²) >= 11 is 0. The van der Waals surface area contributed by atoms with Crippen LogP contribution in [0.3, 0.4) is 0 Å². The lowest BCUT2D eigenvalue weighted by atomic mass is 10.2. The standard InChI is InChI=1S/C12H18N2O/c1-3-9-14-11-7-5-10(6-8-11)12(15)13-4-2/h5-8,14H,3-4,9H2,1-2H3,(H,13,15). The topological polar surface area (TPSA) is 41.1 Å². The zero-order valence-electron chi connectivity index (χ0n) is 9.34. The number of hydrogen-bond donors (Lipinski definition) is 2. The minimum absolute atomic E-state index is 0.0143. The predicted octanol–water partition coefficient (Wildman–Crippen LogP) is 2.26. The van der Waals surface area contributed by atoms with Crippen LogP contribution in [-0.4, -0.2) is 19.0 Å². The van der Waals surface area contributed by atoms with Crippen LogP contribution in [0.1, 0.15) is 30.6 Å². The first kappa shape index (κ1) is 11.6. The van der Waals surface area contributed by atoms with Crippen LogP contribution < -0.4 is 10.6 Å². The normalized spacial score (nSPS) is 9.73. The van der Waals surface area contributed by atoms with Gasteiger partial charge in [-0.15, -0.1) is 0 Å². The van der Waals surface area contributed by atoms with Gasteiger partial charge in [0, 0.05) is 24.3 Å². The second-order valence-electron chi connectivity index (χ2n) is 3.36. The molecule has 0 fully saturated rings. The van der Waals surface area contributed by atoms with E-state index in [0.29, 0.717) is 12.1 Å². The molecule has 1 amide bonds. The van der Waals surface area contributed by atoms with E-state index in [-0.39, 0.29) is 5.91 Å². The number of carbonyl (C=O) groups excluding carboxylic acids is 1. The van der Waals surface area contributed by atoms with Gasteiger partial charge >= 0.3 is 0 Å². The highest BCUT2D eigenvalue weighted by molar-refractivity contribution is 5.94. The lowest BCUT2D eigenvalue weighted by Gasteiger charge is -2.06. The zero-order valence-corrected chi connectivity index (χ0v) is 9.34. The molecule has 1 aromatic rings. The Morgan fingerprint density at radius 1 is 1.20 bits per heavy atom. The molecule has 0 saturated carbocycles. The number of carbonyl (C=O) groups is 1. The second-order valence-corrected chi connectivity index (χ2v) is 3.36. The Labute approximate surface area is 90.9 Å². The van der Waals surface area contributed by atoms with E-state index in [2.05, 4.69) is 17.6 Å². The Hall–Kier alpha value is -1.51. The molecule has 0 aromatic heterocycles. The molecule has 3 nitrogen and oxygen atoms in total. The molecule has 3 heteroatoms. The van der Waals surface area contributed by atoms with Gasteiger partial charge in [-0.3, -0.25) is 4.79 Å². The Kier molecular flexibility index (Phi) is 4.68. The lowest BCUT2D eigenvalue weighted by molar-refractivity contribution is 0.0956. The summed E-state index contributed by atoms with van der Waals surface area (Å²) in [7, 11) is 0. The molecular weight excluding hydrogens is 188 g/mol. The minimum atomic E-state index is -0.0143. The fourth-order valence-electron chi connectivity index (χ4n) is 1.27. The highest BCUT2D eigenvalue weighted by Crippen LogP contribution is 2.09. The third kappa shape index (κ3) is 3.62. The van der Waals surface area contributed by atoms with Gasteiger partial charge in [-0.05, 0) is 37.6 Å². The van der Waals surface area contributed by atoms with Crippen molar-refractivity contribution in [3.63, 3.8) is 0 Å². The van der Waals surface area contributed by atoms with Crippen molar-refractivity contribution in [3.8, 4) is 0 Å². The third-order valence-electron chi connectivity index (χ3n) is 2.06. The van der Waals surface area contributed by atoms with E-state index in [1.807, 2.05) is 31.2 Å². The van der Waals surface area contributed by atoms with E-state index in [9.17, 15) is 4.79 Å². The smallest absolute Gasteiger partial charge is 0.251 e. The average Bonchev–Trinajstić information content (AvgIpc) is 2.27. The molecular formula is C12H18N2O. The van der Waals surface area contributed by atoms with Gasteiger partial charge in [-0.1, -0.05) is 6.92 Å². The fourth-order valence-corrected chi connectivity index (χ4v) is 1.27. The molecule has 1 rings (SSSR count). The third-order valence-corrected chi connectivity index (χ3v) is 2.06. The van der Waals surface area contributed by atoms with Gasteiger partial charge < -0.3 is 10.6 Å². The minimum Gasteiger partial charge on any atom is -0.385 e. The van der Waals surface area contributed by atoms with E-state index in [1.165, 1.54) is 0 Å². The van der Waals surface area contributed by atoms with Crippen LogP contribution >= 0.6 is 0 Å². The monoisotopic (exact) mass is 206 g/mol. The van der Waals surface area contributed by atoms with Gasteiger partial charge in [-0.25, -0.2) is 0 Å². The number of amides is 1. The molecule has 0 aliphatic heterocycles. The maximum absolute atomic E-state index is 11.4. The van der Waals surface area contributed by atoms with Gasteiger partial charge in [0.2, 0.25) is 0 Å². The number of nitrogens with one attached hydrogen (secondary N) is 2. The molecule has 0 aliphatic carbocycles. The molecule has 1 aromatic carbocycles. The quantitative estimate of drug-likeness (QED) is 0.776. The van der Waals surface area contributed by atoms with E-state index in [0.717, 1.165) is 18.7 Å². The van der Waals surface area contributed by atoms with E-state index >= 15 is 0 Å². The molecule has 0 unspecified atom stereocenters. The number of anilines is 1. The lowest BCUT2D eigenvalue weighted by Crippen LogP contribution is -2.22. The van der Waals surface area contributed by atoms with Gasteiger partial charge in [-0.2, -0.15) is 0 Å². The van der Waals surface area contributed by atoms with Gasteiger partial charge in [0.15, 0.2) is 0 Å².